The van der Waals surface area contributed by atoms with Crippen LogP contribution in [0.2, 0.25) is 0 Å². The van der Waals surface area contributed by atoms with Crippen LogP contribution < -0.4 is 5.32 Å². The lowest BCUT2D eigenvalue weighted by Gasteiger charge is -2.11. The normalized spacial score (nSPS) is 10.3. The maximum Gasteiger partial charge on any atom is 0.133 e. The first-order chi connectivity index (χ1) is 8.26. The van der Waals surface area contributed by atoms with Gasteiger partial charge >= 0.3 is 0 Å². The van der Waals surface area contributed by atoms with E-state index < -0.39 is 0 Å². The van der Waals surface area contributed by atoms with Gasteiger partial charge < -0.3 is 5.32 Å². The van der Waals surface area contributed by atoms with Crippen molar-refractivity contribution in [3.05, 3.63) is 30.1 Å². The average Bonchev–Trinajstić information content (AvgIpc) is 2.40. The highest BCUT2D eigenvalue weighted by Gasteiger charge is 2.11. The van der Waals surface area contributed by atoms with E-state index in [2.05, 4.69) is 25.3 Å². The van der Waals surface area contributed by atoms with Crippen molar-refractivity contribution < 1.29 is 0 Å². The van der Waals surface area contributed by atoms with Gasteiger partial charge in [-0.05, 0) is 6.92 Å². The quantitative estimate of drug-likeness (QED) is 0.870. The minimum atomic E-state index is 0.801. The van der Waals surface area contributed by atoms with Crippen LogP contribution in [-0.4, -0.2) is 27.0 Å². The third-order valence-corrected chi connectivity index (χ3v) is 2.58. The molecule has 2 rings (SSSR count). The molecule has 17 heavy (non-hydrogen) atoms. The number of hydrogen-bond donors (Lipinski definition) is 1. The van der Waals surface area contributed by atoms with Crippen LogP contribution in [-0.2, 0) is 6.42 Å². The maximum atomic E-state index is 4.54. The van der Waals surface area contributed by atoms with E-state index >= 15 is 0 Å². The molecule has 0 spiro atoms. The summed E-state index contributed by atoms with van der Waals surface area (Å²) >= 11 is 0. The second kappa shape index (κ2) is 4.86. The van der Waals surface area contributed by atoms with Gasteiger partial charge in [0.05, 0.1) is 5.69 Å². The number of aromatic nitrogens is 4. The minimum Gasteiger partial charge on any atom is -0.373 e. The van der Waals surface area contributed by atoms with Gasteiger partial charge in [-0.3, -0.25) is 0 Å². The van der Waals surface area contributed by atoms with E-state index in [0.29, 0.717) is 0 Å². The summed E-state index contributed by atoms with van der Waals surface area (Å²) in [5, 5.41) is 3.09. The smallest absolute Gasteiger partial charge is 0.133 e. The van der Waals surface area contributed by atoms with Gasteiger partial charge in [-0.25, -0.2) is 19.9 Å². The fourth-order valence-electron chi connectivity index (χ4n) is 1.67. The Bertz CT molecular complexity index is 510. The first-order valence-corrected chi connectivity index (χ1v) is 5.57. The molecule has 2 aromatic heterocycles. The molecular weight excluding hydrogens is 214 g/mol. The molecular formula is C12H15N5. The highest BCUT2D eigenvalue weighted by molar-refractivity contribution is 5.66. The molecule has 0 aliphatic heterocycles. The molecule has 0 aromatic carbocycles. The van der Waals surface area contributed by atoms with Gasteiger partial charge in [0.25, 0.3) is 0 Å². The Hall–Kier alpha value is -2.04. The number of anilines is 1. The van der Waals surface area contributed by atoms with Gasteiger partial charge in [-0.1, -0.05) is 6.92 Å². The van der Waals surface area contributed by atoms with E-state index in [1.54, 1.807) is 12.4 Å². The summed E-state index contributed by atoms with van der Waals surface area (Å²) in [7, 11) is 1.86. The zero-order chi connectivity index (χ0) is 12.3. The van der Waals surface area contributed by atoms with Gasteiger partial charge in [-0.2, -0.15) is 0 Å². The lowest BCUT2D eigenvalue weighted by atomic mass is 10.1. The molecule has 5 nitrogen and oxygen atoms in total. The molecule has 0 saturated carbocycles. The summed E-state index contributed by atoms with van der Waals surface area (Å²) in [5.74, 6) is 1.68. The molecule has 5 heteroatoms. The van der Waals surface area contributed by atoms with E-state index in [1.165, 1.54) is 6.33 Å². The van der Waals surface area contributed by atoms with Crippen molar-refractivity contribution in [3.8, 4) is 11.3 Å². The van der Waals surface area contributed by atoms with E-state index in [4.69, 9.17) is 0 Å². The van der Waals surface area contributed by atoms with Crippen LogP contribution in [0.1, 0.15) is 18.3 Å². The topological polar surface area (TPSA) is 63.6 Å². The fourth-order valence-corrected chi connectivity index (χ4v) is 1.67. The molecule has 0 amide bonds. The van der Waals surface area contributed by atoms with Crippen LogP contribution in [0.5, 0.6) is 0 Å². The minimum absolute atomic E-state index is 0.801. The van der Waals surface area contributed by atoms with Crippen LogP contribution in [0.4, 0.5) is 5.82 Å². The van der Waals surface area contributed by atoms with Crippen LogP contribution >= 0.6 is 0 Å². The maximum absolute atomic E-state index is 4.54. The third-order valence-electron chi connectivity index (χ3n) is 2.58. The summed E-state index contributed by atoms with van der Waals surface area (Å²) < 4.78 is 0. The molecule has 0 fully saturated rings. The molecule has 2 aromatic rings. The molecule has 0 atom stereocenters. The van der Waals surface area contributed by atoms with Gasteiger partial charge in [0.1, 0.15) is 18.0 Å². The summed E-state index contributed by atoms with van der Waals surface area (Å²) in [6.07, 6.45) is 5.85. The van der Waals surface area contributed by atoms with E-state index in [9.17, 15) is 0 Å². The molecule has 88 valence electrons. The molecule has 0 saturated heterocycles. The van der Waals surface area contributed by atoms with Crippen LogP contribution in [0.3, 0.4) is 0 Å². The molecule has 0 aliphatic carbocycles. The largest absolute Gasteiger partial charge is 0.373 e. The predicted molar refractivity (Wildman–Crippen MR) is 66.7 cm³/mol. The highest BCUT2D eigenvalue weighted by Crippen LogP contribution is 2.24. The third kappa shape index (κ3) is 2.22. The molecule has 0 radical (unpaired) electrons. The van der Waals surface area contributed by atoms with E-state index in [-0.39, 0.29) is 0 Å². The molecule has 2 heterocycles. The van der Waals surface area contributed by atoms with E-state index in [0.717, 1.165) is 34.9 Å². The van der Waals surface area contributed by atoms with Gasteiger partial charge in [0.15, 0.2) is 0 Å². The molecule has 1 N–H and O–H groups in total. The number of hydrogen-bond acceptors (Lipinski definition) is 5. The zero-order valence-electron chi connectivity index (χ0n) is 10.2. The Morgan fingerprint density at radius 3 is 2.47 bits per heavy atom. The first-order valence-electron chi connectivity index (χ1n) is 5.57. The summed E-state index contributed by atoms with van der Waals surface area (Å²) in [6, 6.07) is 0. The van der Waals surface area contributed by atoms with Crippen molar-refractivity contribution in [2.75, 3.05) is 12.4 Å². The summed E-state index contributed by atoms with van der Waals surface area (Å²) in [6.45, 7) is 4.03. The van der Waals surface area contributed by atoms with Crippen LogP contribution in [0, 0.1) is 6.92 Å². The van der Waals surface area contributed by atoms with Crippen molar-refractivity contribution >= 4 is 5.82 Å². The zero-order valence-corrected chi connectivity index (χ0v) is 10.2. The second-order valence-electron chi connectivity index (χ2n) is 3.69. The van der Waals surface area contributed by atoms with Crippen LogP contribution in [0.25, 0.3) is 11.3 Å². The molecule has 0 bridgehead atoms. The SMILES string of the molecule is CCc1nc(NC)c(C)c(-c2cncnc2)n1. The highest BCUT2D eigenvalue weighted by atomic mass is 15.0. The van der Waals surface area contributed by atoms with Crippen molar-refractivity contribution in [3.63, 3.8) is 0 Å². The predicted octanol–water partition coefficient (Wildman–Crippen LogP) is 1.85. The number of nitrogens with zero attached hydrogens (tertiary/aromatic N) is 4. The number of aryl methyl sites for hydroxylation is 1. The first kappa shape index (κ1) is 11.4. The van der Waals surface area contributed by atoms with Crippen molar-refractivity contribution in [1.82, 2.24) is 19.9 Å². The fraction of sp³-hybridized carbons (Fsp3) is 0.333. The lowest BCUT2D eigenvalue weighted by Crippen LogP contribution is -2.04. The Labute approximate surface area is 100 Å². The number of rotatable bonds is 3. The van der Waals surface area contributed by atoms with E-state index in [1.807, 2.05) is 20.9 Å². The van der Waals surface area contributed by atoms with Crippen molar-refractivity contribution in [1.29, 1.82) is 0 Å². The molecule has 0 unspecified atom stereocenters. The number of nitrogens with one attached hydrogen (secondary N) is 1. The summed E-state index contributed by atoms with van der Waals surface area (Å²) in [4.78, 5) is 17.0. The average molecular weight is 229 g/mol. The standard InChI is InChI=1S/C12H15N5/c1-4-10-16-11(8(2)12(13-3)17-10)9-5-14-7-15-6-9/h5-7H,4H2,1-3H3,(H,13,16,17). The van der Waals surface area contributed by atoms with Gasteiger partial charge in [0, 0.05) is 37.0 Å². The van der Waals surface area contributed by atoms with Crippen molar-refractivity contribution in [2.24, 2.45) is 0 Å². The van der Waals surface area contributed by atoms with Crippen molar-refractivity contribution in [2.45, 2.75) is 20.3 Å². The Morgan fingerprint density at radius 2 is 1.88 bits per heavy atom. The lowest BCUT2D eigenvalue weighted by molar-refractivity contribution is 0.934. The Balaban J connectivity index is 2.60. The monoisotopic (exact) mass is 229 g/mol. The van der Waals surface area contributed by atoms with Gasteiger partial charge in [-0.15, -0.1) is 0 Å². The Morgan fingerprint density at radius 1 is 1.18 bits per heavy atom. The second-order valence-corrected chi connectivity index (χ2v) is 3.69. The van der Waals surface area contributed by atoms with Crippen LogP contribution in [0.15, 0.2) is 18.7 Å². The summed E-state index contributed by atoms with van der Waals surface area (Å²) in [5.41, 5.74) is 2.82. The van der Waals surface area contributed by atoms with Gasteiger partial charge in [0.2, 0.25) is 0 Å². The Kier molecular flexibility index (Phi) is 3.27. The molecule has 0 aliphatic rings.